The van der Waals surface area contributed by atoms with Gasteiger partial charge in [0, 0.05) is 24.6 Å². The van der Waals surface area contributed by atoms with E-state index in [0.29, 0.717) is 13.0 Å². The van der Waals surface area contributed by atoms with E-state index in [1.165, 1.54) is 12.8 Å². The molecular weight excluding hydrogens is 378 g/mol. The fraction of sp³-hybridized carbons (Fsp3) is 0.684. The summed E-state index contributed by atoms with van der Waals surface area (Å²) in [4.78, 5) is 11.7. The Bertz CT molecular complexity index is 661. The Labute approximate surface area is 168 Å². The molecule has 1 aliphatic carbocycles. The van der Waals surface area contributed by atoms with Crippen LogP contribution in [0.2, 0.25) is 0 Å². The molecule has 1 aromatic heterocycles. The Balaban J connectivity index is 1.48. The fourth-order valence-electron chi connectivity index (χ4n) is 3.15. The zero-order valence-electron chi connectivity index (χ0n) is 16.5. The Morgan fingerprint density at radius 2 is 1.75 bits per heavy atom. The molecule has 2 rings (SSSR count). The molecule has 1 saturated carbocycles. The van der Waals surface area contributed by atoms with Crippen LogP contribution < -0.4 is 15.5 Å². The van der Waals surface area contributed by atoms with Crippen LogP contribution in [-0.4, -0.2) is 37.8 Å². The molecular formula is C19H33N5O3S. The second-order valence-electron chi connectivity index (χ2n) is 7.21. The Morgan fingerprint density at radius 3 is 2.46 bits per heavy atom. The van der Waals surface area contributed by atoms with Gasteiger partial charge in [-0.05, 0) is 37.8 Å². The molecule has 0 atom stereocenters. The van der Waals surface area contributed by atoms with Crippen LogP contribution in [0.25, 0.3) is 0 Å². The molecule has 8 nitrogen and oxygen atoms in total. The lowest BCUT2D eigenvalue weighted by Gasteiger charge is -2.15. The smallest absolute Gasteiger partial charge is 0.233 e. The van der Waals surface area contributed by atoms with Gasteiger partial charge in [0.1, 0.15) is 0 Å². The van der Waals surface area contributed by atoms with E-state index in [-0.39, 0.29) is 17.8 Å². The number of guanidine groups is 1. The van der Waals surface area contributed by atoms with E-state index in [1.807, 2.05) is 0 Å². The van der Waals surface area contributed by atoms with E-state index in [2.05, 4.69) is 20.5 Å². The van der Waals surface area contributed by atoms with E-state index in [9.17, 15) is 8.42 Å². The average molecular weight is 412 g/mol. The maximum atomic E-state index is 12.0. The summed E-state index contributed by atoms with van der Waals surface area (Å²) in [5.74, 6) is 0.334. The molecule has 0 amide bonds. The highest BCUT2D eigenvalue weighted by Gasteiger charge is 2.17. The van der Waals surface area contributed by atoms with Crippen molar-refractivity contribution in [3.8, 4) is 0 Å². The zero-order valence-corrected chi connectivity index (χ0v) is 17.3. The van der Waals surface area contributed by atoms with Crippen LogP contribution >= 0.6 is 0 Å². The highest BCUT2D eigenvalue weighted by molar-refractivity contribution is 7.89. The Hall–Kier alpha value is -1.71. The first kappa shape index (κ1) is 22.6. The van der Waals surface area contributed by atoms with Crippen molar-refractivity contribution < 1.29 is 13.3 Å². The number of nitrogens with zero attached hydrogens (tertiary/aromatic N) is 1. The van der Waals surface area contributed by atoms with Crippen molar-refractivity contribution in [2.45, 2.75) is 70.3 Å². The van der Waals surface area contributed by atoms with Crippen molar-refractivity contribution in [2.24, 2.45) is 0 Å². The third-order valence-corrected chi connectivity index (χ3v) is 5.91. The van der Waals surface area contributed by atoms with Crippen LogP contribution in [0.5, 0.6) is 0 Å². The van der Waals surface area contributed by atoms with Gasteiger partial charge < -0.3 is 10.6 Å². The first-order chi connectivity index (χ1) is 13.6. The standard InChI is InChI=1S/C19H33N5O3S/c20-19(23-17-11-14-21-15-12-17)22-13-7-3-4-8-16-28(25,26)24-27-18-9-5-1-2-6-10-18/h11-12,14-15,18,24H,1-10,13,16H2,(H3,20,21,22,23). The van der Waals surface area contributed by atoms with Gasteiger partial charge in [-0.3, -0.25) is 15.2 Å². The quantitative estimate of drug-likeness (QED) is 0.146. The van der Waals surface area contributed by atoms with Crippen LogP contribution in [0.1, 0.15) is 64.2 Å². The monoisotopic (exact) mass is 411 g/mol. The summed E-state index contributed by atoms with van der Waals surface area (Å²) in [5, 5.41) is 13.8. The summed E-state index contributed by atoms with van der Waals surface area (Å²) >= 11 is 0. The zero-order chi connectivity index (χ0) is 20.1. The molecule has 0 aliphatic heterocycles. The topological polar surface area (TPSA) is 116 Å². The van der Waals surface area contributed by atoms with Gasteiger partial charge in [-0.15, -0.1) is 0 Å². The number of nitrogens with one attached hydrogen (secondary N) is 4. The van der Waals surface area contributed by atoms with Crippen molar-refractivity contribution in [1.29, 1.82) is 5.41 Å². The highest BCUT2D eigenvalue weighted by Crippen LogP contribution is 2.19. The number of hydrogen-bond donors (Lipinski definition) is 4. The van der Waals surface area contributed by atoms with E-state index in [1.54, 1.807) is 24.5 Å². The van der Waals surface area contributed by atoms with Crippen molar-refractivity contribution in [3.63, 3.8) is 0 Å². The summed E-state index contributed by atoms with van der Waals surface area (Å²) < 4.78 is 24.0. The minimum absolute atomic E-state index is 0.0134. The predicted molar refractivity (Wildman–Crippen MR) is 112 cm³/mol. The summed E-state index contributed by atoms with van der Waals surface area (Å²) in [6, 6.07) is 3.59. The van der Waals surface area contributed by atoms with Crippen LogP contribution in [0, 0.1) is 5.41 Å². The van der Waals surface area contributed by atoms with Crippen molar-refractivity contribution >= 4 is 21.7 Å². The minimum Gasteiger partial charge on any atom is -0.356 e. The number of unbranched alkanes of at least 4 members (excludes halogenated alkanes) is 3. The second kappa shape index (κ2) is 12.7. The lowest BCUT2D eigenvalue weighted by atomic mass is 10.2. The number of pyridine rings is 1. The molecule has 1 aliphatic rings. The van der Waals surface area contributed by atoms with Gasteiger partial charge in [0.15, 0.2) is 5.96 Å². The van der Waals surface area contributed by atoms with Gasteiger partial charge >= 0.3 is 0 Å². The second-order valence-corrected chi connectivity index (χ2v) is 9.01. The number of sulfonamides is 1. The van der Waals surface area contributed by atoms with E-state index in [4.69, 9.17) is 10.2 Å². The highest BCUT2D eigenvalue weighted by atomic mass is 32.2. The van der Waals surface area contributed by atoms with Crippen LogP contribution in [0.15, 0.2) is 24.5 Å². The lowest BCUT2D eigenvalue weighted by molar-refractivity contribution is 0.00884. The SMILES string of the molecule is N=C(NCCCCCCS(=O)(=O)NOC1CCCCCC1)Nc1ccncc1. The maximum absolute atomic E-state index is 12.0. The molecule has 9 heteroatoms. The van der Waals surface area contributed by atoms with Gasteiger partial charge in [-0.1, -0.05) is 43.4 Å². The Morgan fingerprint density at radius 1 is 1.07 bits per heavy atom. The van der Waals surface area contributed by atoms with Gasteiger partial charge in [0.05, 0.1) is 11.9 Å². The molecule has 0 saturated heterocycles. The summed E-state index contributed by atoms with van der Waals surface area (Å²) in [6.45, 7) is 0.673. The van der Waals surface area contributed by atoms with Gasteiger partial charge in [0.2, 0.25) is 10.0 Å². The molecule has 0 bridgehead atoms. The maximum Gasteiger partial charge on any atom is 0.233 e. The summed E-state index contributed by atoms with van der Waals surface area (Å²) in [6.07, 6.45) is 13.1. The third-order valence-electron chi connectivity index (χ3n) is 4.74. The summed E-state index contributed by atoms with van der Waals surface area (Å²) in [7, 11) is -3.37. The first-order valence-corrected chi connectivity index (χ1v) is 11.8. The van der Waals surface area contributed by atoms with Gasteiger partial charge in [-0.2, -0.15) is 0 Å². The molecule has 0 unspecified atom stereocenters. The number of aromatic nitrogens is 1. The number of anilines is 1. The molecule has 158 valence electrons. The lowest BCUT2D eigenvalue weighted by Crippen LogP contribution is -2.31. The minimum atomic E-state index is -3.37. The van der Waals surface area contributed by atoms with E-state index in [0.717, 1.165) is 50.6 Å². The fourth-order valence-corrected chi connectivity index (χ4v) is 4.10. The van der Waals surface area contributed by atoms with Crippen LogP contribution in [0.4, 0.5) is 5.69 Å². The molecule has 4 N–H and O–H groups in total. The molecule has 0 aromatic carbocycles. The van der Waals surface area contributed by atoms with Crippen molar-refractivity contribution in [3.05, 3.63) is 24.5 Å². The number of hydrogen-bond acceptors (Lipinski definition) is 5. The van der Waals surface area contributed by atoms with Crippen LogP contribution in [0.3, 0.4) is 0 Å². The summed E-state index contributed by atoms with van der Waals surface area (Å²) in [5.41, 5.74) is 0.816. The molecule has 0 spiro atoms. The molecule has 1 heterocycles. The molecule has 0 radical (unpaired) electrons. The van der Waals surface area contributed by atoms with Gasteiger partial charge in [-0.25, -0.2) is 8.42 Å². The van der Waals surface area contributed by atoms with E-state index >= 15 is 0 Å². The molecule has 1 aromatic rings. The average Bonchev–Trinajstić information content (AvgIpc) is 2.95. The molecule has 28 heavy (non-hydrogen) atoms. The van der Waals surface area contributed by atoms with Crippen molar-refractivity contribution in [2.75, 3.05) is 17.6 Å². The normalized spacial score (nSPS) is 15.7. The predicted octanol–water partition coefficient (Wildman–Crippen LogP) is 3.15. The van der Waals surface area contributed by atoms with Crippen molar-refractivity contribution in [1.82, 2.24) is 15.2 Å². The largest absolute Gasteiger partial charge is 0.356 e. The molecule has 1 fully saturated rings. The first-order valence-electron chi connectivity index (χ1n) is 10.2. The van der Waals surface area contributed by atoms with Gasteiger partial charge in [0.25, 0.3) is 0 Å². The van der Waals surface area contributed by atoms with E-state index < -0.39 is 10.0 Å². The third kappa shape index (κ3) is 10.0. The van der Waals surface area contributed by atoms with Crippen LogP contribution in [-0.2, 0) is 14.9 Å². The number of rotatable bonds is 11. The Kier molecular flexibility index (Phi) is 10.2.